The molecule has 0 fully saturated rings. The zero-order valence-corrected chi connectivity index (χ0v) is 81.5. The molecule has 13 heteroatoms. The van der Waals surface area contributed by atoms with Crippen LogP contribution >= 0.6 is 0 Å². The molecule has 13 nitrogen and oxygen atoms in total. The molecule has 706 valence electrons. The molecular formula is C137H93N13. The fourth-order valence-electron chi connectivity index (χ4n) is 18.6. The van der Waals surface area contributed by atoms with Gasteiger partial charge in [0.25, 0.3) is 0 Å². The summed E-state index contributed by atoms with van der Waals surface area (Å²) >= 11 is 0. The summed E-state index contributed by atoms with van der Waals surface area (Å²) < 4.78 is 0. The first-order chi connectivity index (χ1) is 74.3. The molecule has 25 aromatic rings. The molecule has 0 amide bonds. The van der Waals surface area contributed by atoms with Gasteiger partial charge < -0.3 is 0 Å². The van der Waals surface area contributed by atoms with Crippen molar-refractivity contribution in [2.75, 3.05) is 0 Å². The van der Waals surface area contributed by atoms with Crippen LogP contribution in [0.4, 0.5) is 0 Å². The summed E-state index contributed by atoms with van der Waals surface area (Å²) in [5.41, 5.74) is 38.5. The summed E-state index contributed by atoms with van der Waals surface area (Å²) in [6, 6.07) is 180. The van der Waals surface area contributed by atoms with Crippen molar-refractivity contribution < 1.29 is 0 Å². The van der Waals surface area contributed by atoms with E-state index in [0.29, 0.717) is 52.4 Å². The zero-order chi connectivity index (χ0) is 100. The average Bonchev–Trinajstić information content (AvgIpc) is 0.796. The Morgan fingerprint density at radius 1 is 0.0733 bits per heavy atom. The molecule has 0 radical (unpaired) electrons. The molecule has 150 heavy (non-hydrogen) atoms. The fourth-order valence-corrected chi connectivity index (χ4v) is 18.6. The number of aromatic nitrogens is 13. The third-order valence-electron chi connectivity index (χ3n) is 26.4. The highest BCUT2D eigenvalue weighted by atomic mass is 15.1. The Balaban J connectivity index is 0.000000124. The number of benzene rings is 18. The number of pyridine rings is 4. The number of nitrogens with zero attached hydrogens (tertiary/aromatic N) is 13. The molecule has 0 aliphatic carbocycles. The second kappa shape index (κ2) is 44.2. The summed E-state index contributed by atoms with van der Waals surface area (Å²) in [5, 5.41) is 0. The van der Waals surface area contributed by atoms with Crippen LogP contribution in [0.15, 0.2) is 565 Å². The molecule has 0 aliphatic rings. The minimum atomic E-state index is 0.591. The molecule has 0 saturated carbocycles. The van der Waals surface area contributed by atoms with E-state index in [1.807, 2.05) is 133 Å². The zero-order valence-electron chi connectivity index (χ0n) is 81.5. The van der Waals surface area contributed by atoms with Gasteiger partial charge in [0.05, 0.1) is 0 Å². The first kappa shape index (κ1) is 93.2. The van der Waals surface area contributed by atoms with Gasteiger partial charge in [0.1, 0.15) is 0 Å². The van der Waals surface area contributed by atoms with Crippen LogP contribution in [0.25, 0.3) is 247 Å². The maximum absolute atomic E-state index is 4.94. The monoisotopic (exact) mass is 1920 g/mol. The van der Waals surface area contributed by atoms with Crippen molar-refractivity contribution in [3.05, 3.63) is 565 Å². The smallest absolute Gasteiger partial charge is 0.164 e. The van der Waals surface area contributed by atoms with Crippen LogP contribution in [0.2, 0.25) is 0 Å². The van der Waals surface area contributed by atoms with E-state index in [0.717, 1.165) is 100 Å². The SMILES string of the molecule is c1ccc(-c2cc(-c3ccccc3)cc(-c3ccc(-c4cccc(-c5cccc(-c6nc(-c7ccncc7)nc(-c7ccncc7)n6)c5)c4)cc3)c2)cc1.c1ccc(-c2ccc(-c3cccc(-c4cccc(-c5cccc(-c6nc(-c7ccccc7)nc(-c7ccccc7)n6)c5)c4)c3)cc2)cc1.c1ccc(-c2ccc(-c3cccc(-c4cccc(-c5cccc(-c6nc(-c7ccncc7)nc(-c7ccncc7)n6)c5)c4)c3)cc2)cc1. The minimum absolute atomic E-state index is 0.591. The fraction of sp³-hybridized carbons (Fsp3) is 0. The van der Waals surface area contributed by atoms with Crippen molar-refractivity contribution in [1.82, 2.24) is 64.8 Å². The quantitative estimate of drug-likeness (QED) is 0.0629. The van der Waals surface area contributed by atoms with Crippen molar-refractivity contribution in [2.45, 2.75) is 0 Å². The van der Waals surface area contributed by atoms with Crippen LogP contribution in [-0.4, -0.2) is 64.8 Å². The largest absolute Gasteiger partial charge is 0.265 e. The lowest BCUT2D eigenvalue weighted by Gasteiger charge is -2.12. The van der Waals surface area contributed by atoms with Crippen molar-refractivity contribution >= 4 is 0 Å². The van der Waals surface area contributed by atoms with E-state index in [1.54, 1.807) is 49.6 Å². The highest BCUT2D eigenvalue weighted by Gasteiger charge is 2.21. The van der Waals surface area contributed by atoms with Crippen molar-refractivity contribution in [3.8, 4) is 247 Å². The van der Waals surface area contributed by atoms with Gasteiger partial charge >= 0.3 is 0 Å². The number of rotatable bonds is 22. The van der Waals surface area contributed by atoms with Gasteiger partial charge in [0.2, 0.25) is 0 Å². The predicted molar refractivity (Wildman–Crippen MR) is 610 cm³/mol. The van der Waals surface area contributed by atoms with Gasteiger partial charge in [-0.2, -0.15) is 0 Å². The summed E-state index contributed by atoms with van der Waals surface area (Å²) in [6.45, 7) is 0. The molecular weight excluding hydrogens is 1830 g/mol. The summed E-state index contributed by atoms with van der Waals surface area (Å²) in [5.74, 6) is 5.53. The molecule has 0 N–H and O–H groups in total. The van der Waals surface area contributed by atoms with Crippen LogP contribution in [0.5, 0.6) is 0 Å². The molecule has 0 atom stereocenters. The summed E-state index contributed by atoms with van der Waals surface area (Å²) in [4.78, 5) is 60.6. The van der Waals surface area contributed by atoms with Crippen molar-refractivity contribution in [2.24, 2.45) is 0 Å². The van der Waals surface area contributed by atoms with E-state index >= 15 is 0 Å². The van der Waals surface area contributed by atoms with Gasteiger partial charge in [0, 0.05) is 99.6 Å². The predicted octanol–water partition coefficient (Wildman–Crippen LogP) is 33.9. The number of hydrogen-bond acceptors (Lipinski definition) is 13. The van der Waals surface area contributed by atoms with Crippen molar-refractivity contribution in [3.63, 3.8) is 0 Å². The molecule has 0 spiro atoms. The highest BCUT2D eigenvalue weighted by Crippen LogP contribution is 2.41. The first-order valence-electron chi connectivity index (χ1n) is 49.8. The highest BCUT2D eigenvalue weighted by molar-refractivity contribution is 5.87. The maximum atomic E-state index is 4.94. The lowest BCUT2D eigenvalue weighted by atomic mass is 9.92. The van der Waals surface area contributed by atoms with E-state index in [-0.39, 0.29) is 0 Å². The molecule has 7 aromatic heterocycles. The standard InChI is InChI=1S/C49H33N5.C45H31N3.C43H29N5/c1-3-9-34(10-4-1)44-31-45(35-11-5-2-6-12-35)33-46(32-44)37-19-17-36(18-20-37)40-13-7-14-41(29-40)42-15-8-16-43(30-42)49-53-47(38-21-25-50-26-22-38)52-48(54-49)39-23-27-51-28-24-39;1-4-13-32(14-5-1)33-25-27-34(28-26-33)37-19-10-20-38(29-37)39-21-11-22-40(30-39)41-23-12-24-42(31-41)45-47-43(35-15-6-2-7-16-35)46-44(48-45)36-17-8-3-9-18-36;1-2-7-30(8-3-1)31-15-17-32(18-16-31)35-9-4-10-36(27-35)37-11-5-12-38(28-37)39-13-6-14-40(29-39)43-47-41(33-19-23-44-24-20-33)46-42(48-43)34-21-25-45-26-22-34/h1-33H;1-31H;1-29H. The molecule has 0 bridgehead atoms. The van der Waals surface area contributed by atoms with E-state index in [4.69, 9.17) is 44.9 Å². The van der Waals surface area contributed by atoms with Crippen LogP contribution in [-0.2, 0) is 0 Å². The lowest BCUT2D eigenvalue weighted by Crippen LogP contribution is -2.00. The Kier molecular flexibility index (Phi) is 27.5. The van der Waals surface area contributed by atoms with Gasteiger partial charge in [-0.15, -0.1) is 0 Å². The van der Waals surface area contributed by atoms with Crippen LogP contribution in [0.1, 0.15) is 0 Å². The normalized spacial score (nSPS) is 10.9. The molecule has 7 heterocycles. The summed E-state index contributed by atoms with van der Waals surface area (Å²) in [7, 11) is 0. The lowest BCUT2D eigenvalue weighted by molar-refractivity contribution is 1.07. The van der Waals surface area contributed by atoms with E-state index in [2.05, 4.69) is 402 Å². The average molecular weight is 1920 g/mol. The Bertz CT molecular complexity index is 8410. The third kappa shape index (κ3) is 21.9. The minimum Gasteiger partial charge on any atom is -0.265 e. The van der Waals surface area contributed by atoms with Crippen LogP contribution in [0.3, 0.4) is 0 Å². The molecule has 0 unspecified atom stereocenters. The van der Waals surface area contributed by atoms with Gasteiger partial charge in [-0.25, -0.2) is 44.9 Å². The Labute approximate surface area is 871 Å². The van der Waals surface area contributed by atoms with Crippen molar-refractivity contribution in [1.29, 1.82) is 0 Å². The first-order valence-corrected chi connectivity index (χ1v) is 49.8. The molecule has 25 rings (SSSR count). The topological polar surface area (TPSA) is 168 Å². The molecule has 0 aliphatic heterocycles. The Hall–Kier alpha value is -20.4. The molecule has 0 saturated heterocycles. The van der Waals surface area contributed by atoms with Gasteiger partial charge in [-0.05, 0) is 260 Å². The second-order valence-electron chi connectivity index (χ2n) is 36.2. The Morgan fingerprint density at radius 3 is 0.367 bits per heavy atom. The third-order valence-corrected chi connectivity index (χ3v) is 26.4. The number of hydrogen-bond donors (Lipinski definition) is 0. The van der Waals surface area contributed by atoms with Crippen LogP contribution in [0, 0.1) is 0 Å². The summed E-state index contributed by atoms with van der Waals surface area (Å²) in [6.07, 6.45) is 14.0. The van der Waals surface area contributed by atoms with Gasteiger partial charge in [-0.3, -0.25) is 19.9 Å². The van der Waals surface area contributed by atoms with Gasteiger partial charge in [0.15, 0.2) is 52.4 Å². The van der Waals surface area contributed by atoms with E-state index in [1.165, 1.54) is 94.6 Å². The van der Waals surface area contributed by atoms with E-state index < -0.39 is 0 Å². The maximum Gasteiger partial charge on any atom is 0.164 e. The molecule has 18 aromatic carbocycles. The van der Waals surface area contributed by atoms with Crippen LogP contribution < -0.4 is 0 Å². The second-order valence-corrected chi connectivity index (χ2v) is 36.2. The Morgan fingerprint density at radius 2 is 0.180 bits per heavy atom. The van der Waals surface area contributed by atoms with Gasteiger partial charge in [-0.1, -0.05) is 400 Å². The van der Waals surface area contributed by atoms with E-state index in [9.17, 15) is 0 Å².